The van der Waals surface area contributed by atoms with Crippen molar-refractivity contribution in [1.82, 2.24) is 30.1 Å². The normalized spacial score (nSPS) is 14.0. The Morgan fingerprint density at radius 3 is 2.64 bits per heavy atom. The van der Waals surface area contributed by atoms with Crippen LogP contribution >= 0.6 is 11.3 Å². The number of aromatic nitrogens is 6. The van der Waals surface area contributed by atoms with Crippen LogP contribution in [0.3, 0.4) is 0 Å². The lowest BCUT2D eigenvalue weighted by Crippen LogP contribution is -2.18. The number of rotatable bonds is 7. The molecule has 0 unspecified atom stereocenters. The molecule has 1 aliphatic rings. The fourth-order valence-corrected chi connectivity index (χ4v) is 6.77. The predicted molar refractivity (Wildman–Crippen MR) is 165 cm³/mol. The van der Waals surface area contributed by atoms with Crippen molar-refractivity contribution in [2.24, 2.45) is 5.92 Å². The number of aromatic amines is 2. The molecule has 0 atom stereocenters. The lowest BCUT2D eigenvalue weighted by molar-refractivity contribution is -0.117. The number of carbonyl (C=O) groups is 2. The minimum Gasteiger partial charge on any atom is -0.352 e. The highest BCUT2D eigenvalue weighted by atomic mass is 32.1. The molecule has 10 heteroatoms. The van der Waals surface area contributed by atoms with Crippen LogP contribution in [0.5, 0.6) is 0 Å². The summed E-state index contributed by atoms with van der Waals surface area (Å²) >= 11 is 1.47. The lowest BCUT2D eigenvalue weighted by atomic mass is 9.87. The smallest absolute Gasteiger partial charge is 0.224 e. The van der Waals surface area contributed by atoms with Gasteiger partial charge in [0.1, 0.15) is 5.69 Å². The third-order valence-corrected chi connectivity index (χ3v) is 9.20. The highest BCUT2D eigenvalue weighted by Crippen LogP contribution is 2.37. The van der Waals surface area contributed by atoms with Gasteiger partial charge >= 0.3 is 0 Å². The number of nitrogens with zero attached hydrogens (tertiary/aromatic N) is 4. The Bertz CT molecular complexity index is 1950. The summed E-state index contributed by atoms with van der Waals surface area (Å²) in [5.74, 6) is 0.559. The molecule has 0 spiro atoms. The van der Waals surface area contributed by atoms with E-state index in [1.807, 2.05) is 30.5 Å². The number of ketones is 1. The lowest BCUT2D eigenvalue weighted by Gasteiger charge is -2.20. The Morgan fingerprint density at radius 1 is 0.952 bits per heavy atom. The zero-order valence-corrected chi connectivity index (χ0v) is 23.9. The number of carbonyl (C=O) groups excluding carboxylic acids is 2. The van der Waals surface area contributed by atoms with Crippen LogP contribution in [0.2, 0.25) is 0 Å². The van der Waals surface area contributed by atoms with Gasteiger partial charge in [-0.2, -0.15) is 5.10 Å². The minimum atomic E-state index is 0.0362. The summed E-state index contributed by atoms with van der Waals surface area (Å²) in [5, 5.41) is 12.6. The van der Waals surface area contributed by atoms with Gasteiger partial charge in [-0.25, -0.2) is 0 Å². The zero-order valence-electron chi connectivity index (χ0n) is 23.1. The molecule has 0 radical (unpaired) electrons. The maximum absolute atomic E-state index is 12.7. The monoisotopic (exact) mass is 575 g/mol. The molecule has 6 aromatic rings. The molecular weight excluding hydrogens is 546 g/mol. The molecule has 3 N–H and O–H groups in total. The third-order valence-electron chi connectivity index (χ3n) is 7.98. The highest BCUT2D eigenvalue weighted by Gasteiger charge is 2.19. The highest BCUT2D eigenvalue weighted by molar-refractivity contribution is 7.17. The Morgan fingerprint density at radius 2 is 1.81 bits per heavy atom. The first-order valence-corrected chi connectivity index (χ1v) is 15.0. The van der Waals surface area contributed by atoms with Crippen molar-refractivity contribution >= 4 is 50.5 Å². The second-order valence-corrected chi connectivity index (χ2v) is 12.0. The first kappa shape index (κ1) is 26.2. The van der Waals surface area contributed by atoms with E-state index in [-0.39, 0.29) is 11.7 Å². The van der Waals surface area contributed by atoms with Crippen molar-refractivity contribution in [3.05, 3.63) is 66.2 Å². The molecule has 0 aromatic carbocycles. The Balaban J connectivity index is 1.19. The second kappa shape index (κ2) is 10.9. The van der Waals surface area contributed by atoms with Gasteiger partial charge in [0.15, 0.2) is 5.78 Å². The third kappa shape index (κ3) is 5.09. The molecule has 1 fully saturated rings. The summed E-state index contributed by atoms with van der Waals surface area (Å²) in [6.45, 7) is 1.58. The number of thiophene rings is 1. The average Bonchev–Trinajstić information content (AvgIpc) is 3.75. The Labute approximate surface area is 245 Å². The fourth-order valence-electron chi connectivity index (χ4n) is 5.84. The number of hydrogen-bond donors (Lipinski definition) is 3. The van der Waals surface area contributed by atoms with E-state index in [4.69, 9.17) is 0 Å². The molecule has 0 saturated heterocycles. The zero-order chi connectivity index (χ0) is 28.6. The first-order valence-electron chi connectivity index (χ1n) is 14.2. The van der Waals surface area contributed by atoms with Crippen LogP contribution in [0.1, 0.15) is 55.1 Å². The van der Waals surface area contributed by atoms with Crippen LogP contribution in [0.25, 0.3) is 54.9 Å². The number of amides is 1. The van der Waals surface area contributed by atoms with Gasteiger partial charge in [0.05, 0.1) is 51.6 Å². The average molecular weight is 576 g/mol. The first-order chi connectivity index (χ1) is 20.5. The van der Waals surface area contributed by atoms with Crippen molar-refractivity contribution in [2.75, 3.05) is 5.32 Å². The predicted octanol–water partition coefficient (Wildman–Crippen LogP) is 7.40. The SMILES string of the molecule is CC(=O)c1ccc(-c2cncc3[nH]c(-c4n[nH]c5cnc(-c6cncc(NC(=O)CC7CCCCC7)c6)cc45)cc23)s1. The molecule has 1 amide bonds. The van der Waals surface area contributed by atoms with Gasteiger partial charge in [-0.3, -0.25) is 29.6 Å². The van der Waals surface area contributed by atoms with Crippen LogP contribution < -0.4 is 5.32 Å². The summed E-state index contributed by atoms with van der Waals surface area (Å²) in [6.07, 6.45) is 15.3. The van der Waals surface area contributed by atoms with E-state index in [0.717, 1.165) is 72.6 Å². The van der Waals surface area contributed by atoms with E-state index >= 15 is 0 Å². The van der Waals surface area contributed by atoms with Gasteiger partial charge < -0.3 is 10.3 Å². The second-order valence-electron chi connectivity index (χ2n) is 11.0. The van der Waals surface area contributed by atoms with E-state index < -0.39 is 0 Å². The summed E-state index contributed by atoms with van der Waals surface area (Å²) in [7, 11) is 0. The van der Waals surface area contributed by atoms with Crippen LogP contribution in [0.15, 0.2) is 61.3 Å². The van der Waals surface area contributed by atoms with Crippen LogP contribution in [0.4, 0.5) is 5.69 Å². The number of Topliss-reactive ketones (excluding diaryl/α,β-unsaturated/α-hetero) is 1. The van der Waals surface area contributed by atoms with Crippen molar-refractivity contribution in [3.8, 4) is 33.1 Å². The molecule has 6 heterocycles. The molecule has 1 aliphatic carbocycles. The standard InChI is InChI=1S/C32H29N7O2S/c1-18(40)29-7-8-30(42-29)24-15-34-16-27-22(24)11-26(37-27)32-23-12-25(35-17-28(23)38-39-32)20-10-21(14-33-13-20)36-31(41)9-19-5-3-2-4-6-19/h7-8,10-17,19,37H,2-6,9H2,1H3,(H,36,41)(H,38,39). The van der Waals surface area contributed by atoms with Gasteiger partial charge in [0, 0.05) is 45.6 Å². The number of anilines is 1. The van der Waals surface area contributed by atoms with E-state index in [1.54, 1.807) is 31.7 Å². The number of hydrogen-bond acceptors (Lipinski definition) is 7. The number of fused-ring (bicyclic) bond motifs is 2. The molecule has 42 heavy (non-hydrogen) atoms. The summed E-state index contributed by atoms with van der Waals surface area (Å²) < 4.78 is 0. The van der Waals surface area contributed by atoms with Crippen LogP contribution in [-0.4, -0.2) is 41.8 Å². The molecule has 0 bridgehead atoms. The van der Waals surface area contributed by atoms with Crippen LogP contribution in [-0.2, 0) is 4.79 Å². The Hall–Kier alpha value is -4.70. The molecule has 0 aliphatic heterocycles. The van der Waals surface area contributed by atoms with E-state index in [2.05, 4.69) is 41.5 Å². The molecule has 210 valence electrons. The Kier molecular flexibility index (Phi) is 6.83. The quantitative estimate of drug-likeness (QED) is 0.170. The van der Waals surface area contributed by atoms with Gasteiger partial charge in [0.2, 0.25) is 5.91 Å². The van der Waals surface area contributed by atoms with Crippen molar-refractivity contribution in [2.45, 2.75) is 45.4 Å². The van der Waals surface area contributed by atoms with Crippen molar-refractivity contribution < 1.29 is 9.59 Å². The van der Waals surface area contributed by atoms with E-state index in [0.29, 0.717) is 18.0 Å². The summed E-state index contributed by atoms with van der Waals surface area (Å²) in [6, 6.07) is 9.79. The summed E-state index contributed by atoms with van der Waals surface area (Å²) in [5.41, 5.74) is 6.45. The van der Waals surface area contributed by atoms with Gasteiger partial charge in [0.25, 0.3) is 0 Å². The van der Waals surface area contributed by atoms with Gasteiger partial charge in [-0.1, -0.05) is 19.3 Å². The summed E-state index contributed by atoms with van der Waals surface area (Å²) in [4.78, 5) is 43.2. The van der Waals surface area contributed by atoms with E-state index in [1.165, 1.54) is 30.6 Å². The maximum atomic E-state index is 12.7. The maximum Gasteiger partial charge on any atom is 0.224 e. The molecule has 1 saturated carbocycles. The number of pyridine rings is 3. The van der Waals surface area contributed by atoms with Gasteiger partial charge in [-0.05, 0) is 56.0 Å². The largest absolute Gasteiger partial charge is 0.352 e. The molecular formula is C32H29N7O2S. The minimum absolute atomic E-state index is 0.0362. The molecule has 9 nitrogen and oxygen atoms in total. The number of nitrogens with one attached hydrogen (secondary N) is 3. The van der Waals surface area contributed by atoms with Gasteiger partial charge in [-0.15, -0.1) is 11.3 Å². The van der Waals surface area contributed by atoms with Crippen molar-refractivity contribution in [1.29, 1.82) is 0 Å². The fraction of sp³-hybridized carbons (Fsp3) is 0.250. The van der Waals surface area contributed by atoms with Crippen molar-refractivity contribution in [3.63, 3.8) is 0 Å². The van der Waals surface area contributed by atoms with Crippen LogP contribution in [0, 0.1) is 5.92 Å². The number of H-pyrrole nitrogens is 2. The molecule has 7 rings (SSSR count). The topological polar surface area (TPSA) is 129 Å². The molecule has 6 aromatic heterocycles. The van der Waals surface area contributed by atoms with E-state index in [9.17, 15) is 9.59 Å².